The Morgan fingerprint density at radius 1 is 1.29 bits per heavy atom. The Hall–Kier alpha value is -0.150. The second-order valence-electron chi connectivity index (χ2n) is 2.99. The van der Waals surface area contributed by atoms with Crippen LogP contribution in [0.3, 0.4) is 0 Å². The van der Waals surface area contributed by atoms with E-state index in [2.05, 4.69) is 0 Å². The molecule has 0 bridgehead atoms. The van der Waals surface area contributed by atoms with Gasteiger partial charge in [-0.25, -0.2) is 0 Å². The summed E-state index contributed by atoms with van der Waals surface area (Å²) in [4.78, 5) is 0. The number of hydrogen-bond acceptors (Lipinski definition) is 2. The van der Waals surface area contributed by atoms with E-state index in [1.165, 1.54) is 0 Å². The van der Waals surface area contributed by atoms with E-state index < -0.39 is 0 Å². The zero-order valence-corrected chi connectivity index (χ0v) is 9.83. The molecule has 0 spiro atoms. The highest BCUT2D eigenvalue weighted by Gasteiger charge is 2.09. The number of halogens is 3. The van der Waals surface area contributed by atoms with Crippen molar-refractivity contribution in [2.24, 2.45) is 5.73 Å². The molecule has 14 heavy (non-hydrogen) atoms. The first-order valence-corrected chi connectivity index (χ1v) is 5.17. The lowest BCUT2D eigenvalue weighted by Crippen LogP contribution is -2.23. The Balaban J connectivity index is 2.86. The van der Waals surface area contributed by atoms with Crippen LogP contribution in [0.15, 0.2) is 12.1 Å². The van der Waals surface area contributed by atoms with E-state index in [0.717, 1.165) is 0 Å². The van der Waals surface area contributed by atoms with Crippen molar-refractivity contribution in [2.45, 2.75) is 13.0 Å². The molecule has 2 N–H and O–H groups in total. The van der Waals surface area contributed by atoms with Crippen LogP contribution in [-0.2, 0) is 0 Å². The first kappa shape index (κ1) is 11.9. The smallest absolute Gasteiger partial charge is 0.156 e. The number of hydrogen-bond donors (Lipinski definition) is 1. The summed E-state index contributed by atoms with van der Waals surface area (Å²) in [5, 5.41) is 1.26. The van der Waals surface area contributed by atoms with Crippen molar-refractivity contribution in [1.82, 2.24) is 0 Å². The summed E-state index contributed by atoms with van der Waals surface area (Å²) in [6.45, 7) is 2.19. The Labute approximate surface area is 97.9 Å². The van der Waals surface area contributed by atoms with Gasteiger partial charge in [-0.15, -0.1) is 0 Å². The highest BCUT2D eigenvalue weighted by molar-refractivity contribution is 6.40. The van der Waals surface area contributed by atoms with E-state index >= 15 is 0 Å². The summed E-state index contributed by atoms with van der Waals surface area (Å²) in [6, 6.07) is 3.08. The molecule has 0 aliphatic rings. The molecule has 0 aliphatic heterocycles. The van der Waals surface area contributed by atoms with Crippen LogP contribution in [0.5, 0.6) is 5.75 Å². The van der Waals surface area contributed by atoms with Gasteiger partial charge in [0.05, 0.1) is 10.0 Å². The van der Waals surface area contributed by atoms with E-state index in [0.29, 0.717) is 27.4 Å². The van der Waals surface area contributed by atoms with E-state index in [-0.39, 0.29) is 6.04 Å². The number of rotatable bonds is 3. The SMILES string of the molecule is C[C@@H](N)COc1c(Cl)cc(Cl)cc1Cl. The van der Waals surface area contributed by atoms with Crippen molar-refractivity contribution >= 4 is 34.8 Å². The van der Waals surface area contributed by atoms with E-state index in [9.17, 15) is 0 Å². The molecule has 0 saturated carbocycles. The minimum absolute atomic E-state index is 0.0715. The van der Waals surface area contributed by atoms with E-state index in [4.69, 9.17) is 45.3 Å². The third kappa shape index (κ3) is 3.21. The Bertz CT molecular complexity index is 305. The molecular formula is C9H10Cl3NO. The van der Waals surface area contributed by atoms with Gasteiger partial charge in [-0.05, 0) is 19.1 Å². The van der Waals surface area contributed by atoms with Crippen LogP contribution < -0.4 is 10.5 Å². The van der Waals surface area contributed by atoms with Gasteiger partial charge in [-0.3, -0.25) is 0 Å². The molecule has 1 atom stereocenters. The Kier molecular flexibility index (Phi) is 4.32. The van der Waals surface area contributed by atoms with Crippen molar-refractivity contribution in [1.29, 1.82) is 0 Å². The lowest BCUT2D eigenvalue weighted by Gasteiger charge is -2.11. The Morgan fingerprint density at radius 2 is 1.79 bits per heavy atom. The lowest BCUT2D eigenvalue weighted by atomic mass is 10.3. The summed E-state index contributed by atoms with van der Waals surface area (Å²) < 4.78 is 5.34. The lowest BCUT2D eigenvalue weighted by molar-refractivity contribution is 0.296. The highest BCUT2D eigenvalue weighted by Crippen LogP contribution is 2.35. The number of benzene rings is 1. The number of nitrogens with two attached hydrogens (primary N) is 1. The average molecular weight is 255 g/mol. The van der Waals surface area contributed by atoms with Gasteiger partial charge in [0.1, 0.15) is 6.61 Å². The quantitative estimate of drug-likeness (QED) is 0.897. The molecule has 0 aliphatic carbocycles. The average Bonchev–Trinajstić information content (AvgIpc) is 2.01. The minimum Gasteiger partial charge on any atom is -0.489 e. The minimum atomic E-state index is -0.0715. The highest BCUT2D eigenvalue weighted by atomic mass is 35.5. The van der Waals surface area contributed by atoms with Crippen molar-refractivity contribution in [3.8, 4) is 5.75 Å². The predicted octanol–water partition coefficient (Wildman–Crippen LogP) is 3.37. The maximum Gasteiger partial charge on any atom is 0.156 e. The van der Waals surface area contributed by atoms with Gasteiger partial charge >= 0.3 is 0 Å². The van der Waals surface area contributed by atoms with Gasteiger partial charge in [0.15, 0.2) is 5.75 Å². The monoisotopic (exact) mass is 253 g/mol. The molecule has 0 fully saturated rings. The van der Waals surface area contributed by atoms with Crippen LogP contribution in [0.25, 0.3) is 0 Å². The Morgan fingerprint density at radius 3 is 2.21 bits per heavy atom. The molecule has 0 amide bonds. The normalized spacial score (nSPS) is 12.6. The van der Waals surface area contributed by atoms with Gasteiger partial charge in [-0.1, -0.05) is 34.8 Å². The molecular weight excluding hydrogens is 244 g/mol. The summed E-state index contributed by atoms with van der Waals surface area (Å²) >= 11 is 17.5. The van der Waals surface area contributed by atoms with Crippen molar-refractivity contribution in [3.63, 3.8) is 0 Å². The second kappa shape index (κ2) is 5.08. The zero-order valence-electron chi connectivity index (χ0n) is 7.56. The second-order valence-corrected chi connectivity index (χ2v) is 4.24. The van der Waals surface area contributed by atoms with Crippen LogP contribution in [0, 0.1) is 0 Å². The van der Waals surface area contributed by atoms with Crippen LogP contribution in [0.1, 0.15) is 6.92 Å². The van der Waals surface area contributed by atoms with Crippen molar-refractivity contribution < 1.29 is 4.74 Å². The molecule has 0 aromatic heterocycles. The van der Waals surface area contributed by atoms with Gasteiger partial charge in [0.2, 0.25) is 0 Å². The summed E-state index contributed by atoms with van der Waals surface area (Å²) in [6.07, 6.45) is 0. The third-order valence-corrected chi connectivity index (χ3v) is 2.23. The molecule has 78 valence electrons. The maximum atomic E-state index is 5.88. The topological polar surface area (TPSA) is 35.2 Å². The molecule has 5 heteroatoms. The van der Waals surface area contributed by atoms with Gasteiger partial charge in [0.25, 0.3) is 0 Å². The fraction of sp³-hybridized carbons (Fsp3) is 0.333. The zero-order chi connectivity index (χ0) is 10.7. The van der Waals surface area contributed by atoms with Crippen LogP contribution in [0.4, 0.5) is 0 Å². The molecule has 0 heterocycles. The molecule has 2 nitrogen and oxygen atoms in total. The summed E-state index contributed by atoms with van der Waals surface area (Å²) in [5.41, 5.74) is 5.53. The first-order valence-electron chi connectivity index (χ1n) is 4.03. The molecule has 1 aromatic rings. The fourth-order valence-electron chi connectivity index (χ4n) is 0.882. The first-order chi connectivity index (χ1) is 6.50. The van der Waals surface area contributed by atoms with Crippen LogP contribution >= 0.6 is 34.8 Å². The predicted molar refractivity (Wildman–Crippen MR) is 60.6 cm³/mol. The molecule has 1 rings (SSSR count). The molecule has 0 radical (unpaired) electrons. The molecule has 0 saturated heterocycles. The third-order valence-electron chi connectivity index (χ3n) is 1.45. The van der Waals surface area contributed by atoms with E-state index in [1.807, 2.05) is 6.92 Å². The van der Waals surface area contributed by atoms with Crippen molar-refractivity contribution in [3.05, 3.63) is 27.2 Å². The molecule has 0 unspecified atom stereocenters. The largest absolute Gasteiger partial charge is 0.489 e. The van der Waals surface area contributed by atoms with Crippen LogP contribution in [0.2, 0.25) is 15.1 Å². The summed E-state index contributed by atoms with van der Waals surface area (Å²) in [7, 11) is 0. The standard InChI is InChI=1S/C9H10Cl3NO/c1-5(13)4-14-9-7(11)2-6(10)3-8(9)12/h2-3,5H,4,13H2,1H3/t5-/m1/s1. The van der Waals surface area contributed by atoms with Gasteiger partial charge in [0, 0.05) is 11.1 Å². The molecule has 1 aromatic carbocycles. The van der Waals surface area contributed by atoms with Crippen LogP contribution in [-0.4, -0.2) is 12.6 Å². The number of ether oxygens (including phenoxy) is 1. The van der Waals surface area contributed by atoms with Crippen molar-refractivity contribution in [2.75, 3.05) is 6.61 Å². The fourth-order valence-corrected chi connectivity index (χ4v) is 1.81. The van der Waals surface area contributed by atoms with Gasteiger partial charge < -0.3 is 10.5 Å². The van der Waals surface area contributed by atoms with Gasteiger partial charge in [-0.2, -0.15) is 0 Å². The summed E-state index contributed by atoms with van der Waals surface area (Å²) in [5.74, 6) is 0.426. The maximum absolute atomic E-state index is 5.88. The van der Waals surface area contributed by atoms with E-state index in [1.54, 1.807) is 12.1 Å².